The number of hydrogen-bond donors (Lipinski definition) is 0. The van der Waals surface area contributed by atoms with Crippen molar-refractivity contribution in [3.8, 4) is 11.4 Å². The van der Waals surface area contributed by atoms with E-state index < -0.39 is 0 Å². The van der Waals surface area contributed by atoms with Crippen molar-refractivity contribution < 1.29 is 9.32 Å². The Morgan fingerprint density at radius 1 is 1.24 bits per heavy atom. The Kier molecular flexibility index (Phi) is 4.01. The van der Waals surface area contributed by atoms with Crippen molar-refractivity contribution in [2.24, 2.45) is 0 Å². The van der Waals surface area contributed by atoms with Gasteiger partial charge in [-0.3, -0.25) is 9.78 Å². The van der Waals surface area contributed by atoms with Gasteiger partial charge in [-0.25, -0.2) is 0 Å². The van der Waals surface area contributed by atoms with E-state index in [0.29, 0.717) is 23.8 Å². The van der Waals surface area contributed by atoms with Crippen molar-refractivity contribution in [2.75, 3.05) is 6.54 Å². The minimum absolute atomic E-state index is 0.0276. The molecule has 0 aliphatic carbocycles. The molecule has 2 aromatic heterocycles. The molecule has 1 aromatic carbocycles. The van der Waals surface area contributed by atoms with Crippen LogP contribution in [0.4, 0.5) is 0 Å². The highest BCUT2D eigenvalue weighted by atomic mass is 16.5. The molecule has 6 nitrogen and oxygen atoms in total. The Balaban J connectivity index is 1.60. The summed E-state index contributed by atoms with van der Waals surface area (Å²) in [5.41, 5.74) is 2.68. The van der Waals surface area contributed by atoms with E-state index >= 15 is 0 Å². The lowest BCUT2D eigenvalue weighted by Crippen LogP contribution is -2.30. The molecule has 0 unspecified atom stereocenters. The number of hydrogen-bond acceptors (Lipinski definition) is 5. The molecule has 1 aliphatic heterocycles. The smallest absolute Gasteiger partial charge is 0.254 e. The lowest BCUT2D eigenvalue weighted by molar-refractivity contribution is 0.0710. The minimum atomic E-state index is -0.174. The fourth-order valence-electron chi connectivity index (χ4n) is 3.20. The highest BCUT2D eigenvalue weighted by Crippen LogP contribution is 2.33. The Hall–Kier alpha value is -3.02. The molecule has 0 saturated carbocycles. The van der Waals surface area contributed by atoms with Gasteiger partial charge in [-0.05, 0) is 38.0 Å². The van der Waals surface area contributed by atoms with Crippen molar-refractivity contribution >= 4 is 5.91 Å². The topological polar surface area (TPSA) is 72.1 Å². The predicted octanol–water partition coefficient (Wildman–Crippen LogP) is 3.42. The molecule has 0 N–H and O–H groups in total. The van der Waals surface area contributed by atoms with Gasteiger partial charge in [0.2, 0.25) is 11.7 Å². The second kappa shape index (κ2) is 6.47. The van der Waals surface area contributed by atoms with Gasteiger partial charge in [-0.15, -0.1) is 0 Å². The van der Waals surface area contributed by atoms with Gasteiger partial charge in [-0.2, -0.15) is 4.98 Å². The molecule has 1 fully saturated rings. The minimum Gasteiger partial charge on any atom is -0.337 e. The molecule has 1 atom stereocenters. The van der Waals surface area contributed by atoms with Crippen LogP contribution in [0.15, 0.2) is 53.3 Å². The van der Waals surface area contributed by atoms with Gasteiger partial charge in [0.1, 0.15) is 6.04 Å². The standard InChI is InChI=1S/C19H18N4O2/c1-13-4-2-5-15(12-13)17-21-18(25-22-17)16-6-3-11-23(16)19(24)14-7-9-20-10-8-14/h2,4-5,7-10,12,16H,3,6,11H2,1H3/t16-/m1/s1. The third-order valence-electron chi connectivity index (χ3n) is 4.44. The van der Waals surface area contributed by atoms with Crippen molar-refractivity contribution in [3.63, 3.8) is 0 Å². The summed E-state index contributed by atoms with van der Waals surface area (Å²) in [5.74, 6) is 1.03. The molecule has 1 aliphatic rings. The highest BCUT2D eigenvalue weighted by molar-refractivity contribution is 5.94. The molecule has 0 bridgehead atoms. The van der Waals surface area contributed by atoms with Gasteiger partial charge in [-0.1, -0.05) is 28.9 Å². The van der Waals surface area contributed by atoms with E-state index in [0.717, 1.165) is 24.0 Å². The lowest BCUT2D eigenvalue weighted by Gasteiger charge is -2.21. The number of aryl methyl sites for hydroxylation is 1. The Morgan fingerprint density at radius 2 is 2.08 bits per heavy atom. The van der Waals surface area contributed by atoms with Crippen LogP contribution >= 0.6 is 0 Å². The average molecular weight is 334 g/mol. The number of aromatic nitrogens is 3. The molecule has 126 valence electrons. The maximum Gasteiger partial charge on any atom is 0.254 e. The van der Waals surface area contributed by atoms with Crippen LogP contribution in [0.5, 0.6) is 0 Å². The van der Waals surface area contributed by atoms with E-state index in [1.165, 1.54) is 0 Å². The Bertz CT molecular complexity index is 891. The van der Waals surface area contributed by atoms with Gasteiger partial charge in [0.25, 0.3) is 5.91 Å². The van der Waals surface area contributed by atoms with Gasteiger partial charge >= 0.3 is 0 Å². The van der Waals surface area contributed by atoms with E-state index in [4.69, 9.17) is 4.52 Å². The number of amides is 1. The fraction of sp³-hybridized carbons (Fsp3) is 0.263. The zero-order valence-corrected chi connectivity index (χ0v) is 13.9. The summed E-state index contributed by atoms with van der Waals surface area (Å²) in [5, 5.41) is 4.10. The first-order valence-electron chi connectivity index (χ1n) is 8.34. The number of benzene rings is 1. The molecular formula is C19H18N4O2. The number of nitrogens with zero attached hydrogens (tertiary/aromatic N) is 4. The molecule has 6 heteroatoms. The third kappa shape index (κ3) is 3.03. The van der Waals surface area contributed by atoms with Crippen LogP contribution in [0.3, 0.4) is 0 Å². The fourth-order valence-corrected chi connectivity index (χ4v) is 3.20. The number of pyridine rings is 1. The molecule has 0 radical (unpaired) electrons. The van der Waals surface area contributed by atoms with E-state index in [9.17, 15) is 4.79 Å². The van der Waals surface area contributed by atoms with Crippen LogP contribution in [0, 0.1) is 6.92 Å². The number of carbonyl (C=O) groups excluding carboxylic acids is 1. The van der Waals surface area contributed by atoms with Crippen LogP contribution in [0.2, 0.25) is 0 Å². The van der Waals surface area contributed by atoms with E-state index in [-0.39, 0.29) is 11.9 Å². The molecule has 0 spiro atoms. The first-order chi connectivity index (χ1) is 12.2. The molecule has 4 rings (SSSR count). The number of rotatable bonds is 3. The summed E-state index contributed by atoms with van der Waals surface area (Å²) in [7, 11) is 0. The first-order valence-corrected chi connectivity index (χ1v) is 8.34. The molecule has 1 saturated heterocycles. The predicted molar refractivity (Wildman–Crippen MR) is 91.7 cm³/mol. The van der Waals surface area contributed by atoms with Gasteiger partial charge in [0.05, 0.1) is 0 Å². The van der Waals surface area contributed by atoms with Crippen LogP contribution in [0.1, 0.15) is 40.7 Å². The lowest BCUT2D eigenvalue weighted by atomic mass is 10.1. The van der Waals surface area contributed by atoms with E-state index in [1.807, 2.05) is 36.1 Å². The van der Waals surface area contributed by atoms with Crippen LogP contribution in [-0.4, -0.2) is 32.5 Å². The average Bonchev–Trinajstić information content (AvgIpc) is 3.31. The summed E-state index contributed by atoms with van der Waals surface area (Å²) in [6.45, 7) is 2.71. The molecule has 3 heterocycles. The second-order valence-electron chi connectivity index (χ2n) is 6.22. The maximum absolute atomic E-state index is 12.8. The van der Waals surface area contributed by atoms with Crippen molar-refractivity contribution in [1.82, 2.24) is 20.0 Å². The van der Waals surface area contributed by atoms with E-state index in [2.05, 4.69) is 15.1 Å². The summed E-state index contributed by atoms with van der Waals surface area (Å²) < 4.78 is 5.49. The SMILES string of the molecule is Cc1cccc(-c2noc([C@H]3CCCN3C(=O)c3ccncc3)n2)c1. The van der Waals surface area contributed by atoms with E-state index in [1.54, 1.807) is 24.5 Å². The van der Waals surface area contributed by atoms with Crippen LogP contribution in [-0.2, 0) is 0 Å². The molecular weight excluding hydrogens is 316 g/mol. The maximum atomic E-state index is 12.8. The summed E-state index contributed by atoms with van der Waals surface area (Å²) in [6, 6.07) is 11.2. The Labute approximate surface area is 145 Å². The Morgan fingerprint density at radius 3 is 2.88 bits per heavy atom. The third-order valence-corrected chi connectivity index (χ3v) is 4.44. The first kappa shape index (κ1) is 15.5. The normalized spacial score (nSPS) is 17.0. The number of carbonyl (C=O) groups is 1. The van der Waals surface area contributed by atoms with Crippen molar-refractivity contribution in [1.29, 1.82) is 0 Å². The van der Waals surface area contributed by atoms with Crippen molar-refractivity contribution in [3.05, 3.63) is 65.8 Å². The van der Waals surface area contributed by atoms with Crippen LogP contribution in [0.25, 0.3) is 11.4 Å². The molecule has 25 heavy (non-hydrogen) atoms. The summed E-state index contributed by atoms with van der Waals surface area (Å²) >= 11 is 0. The molecule has 3 aromatic rings. The zero-order chi connectivity index (χ0) is 17.2. The van der Waals surface area contributed by atoms with Gasteiger partial charge in [0, 0.05) is 30.1 Å². The quantitative estimate of drug-likeness (QED) is 0.734. The van der Waals surface area contributed by atoms with Gasteiger partial charge in [0.15, 0.2) is 0 Å². The van der Waals surface area contributed by atoms with Crippen LogP contribution < -0.4 is 0 Å². The highest BCUT2D eigenvalue weighted by Gasteiger charge is 2.34. The molecule has 1 amide bonds. The largest absolute Gasteiger partial charge is 0.337 e. The monoisotopic (exact) mass is 334 g/mol. The number of likely N-dealkylation sites (tertiary alicyclic amines) is 1. The summed E-state index contributed by atoms with van der Waals surface area (Å²) in [4.78, 5) is 23.1. The summed E-state index contributed by atoms with van der Waals surface area (Å²) in [6.07, 6.45) is 5.00. The van der Waals surface area contributed by atoms with Gasteiger partial charge < -0.3 is 9.42 Å². The zero-order valence-electron chi connectivity index (χ0n) is 13.9. The van der Waals surface area contributed by atoms with Crippen molar-refractivity contribution in [2.45, 2.75) is 25.8 Å². The second-order valence-corrected chi connectivity index (χ2v) is 6.22.